The molecule has 0 saturated carbocycles. The number of fused-ring (bicyclic) bond motifs is 2. The van der Waals surface area contributed by atoms with E-state index in [1.165, 1.54) is 11.8 Å². The first-order valence-electron chi connectivity index (χ1n) is 13.8. The number of aromatic nitrogens is 2. The fourth-order valence-corrected chi connectivity index (χ4v) is 5.60. The van der Waals surface area contributed by atoms with Gasteiger partial charge < -0.3 is 36.8 Å². The molecule has 4 aromatic rings. The molecule has 43 heavy (non-hydrogen) atoms. The van der Waals surface area contributed by atoms with E-state index in [1.54, 1.807) is 12.4 Å². The molecule has 0 fully saturated rings. The number of benzene rings is 2. The van der Waals surface area contributed by atoms with Crippen LogP contribution in [0, 0.1) is 0 Å². The summed E-state index contributed by atoms with van der Waals surface area (Å²) in [4.78, 5) is 57.9. The lowest BCUT2D eigenvalue weighted by molar-refractivity contribution is -0.142. The van der Waals surface area contributed by atoms with Crippen LogP contribution in [0.15, 0.2) is 60.9 Å². The van der Waals surface area contributed by atoms with E-state index in [4.69, 9.17) is 5.73 Å². The molecular weight excluding hydrogens is 589 g/mol. The van der Waals surface area contributed by atoms with Crippen LogP contribution in [0.4, 0.5) is 0 Å². The Morgan fingerprint density at radius 1 is 0.814 bits per heavy atom. The molecule has 2 aromatic heterocycles. The zero-order chi connectivity index (χ0) is 30.9. The lowest BCUT2D eigenvalue weighted by atomic mass is 10.0. The third-order valence-electron chi connectivity index (χ3n) is 7.22. The summed E-state index contributed by atoms with van der Waals surface area (Å²) in [5.41, 5.74) is 9.63. The number of aliphatic carboxylic acids is 1. The number of carbonyl (C=O) groups is 4. The quantitative estimate of drug-likeness (QED) is 0.0931. The monoisotopic (exact) mass is 624 g/mol. The van der Waals surface area contributed by atoms with E-state index in [-0.39, 0.29) is 25.0 Å². The fourth-order valence-electron chi connectivity index (χ4n) is 4.87. The Bertz CT molecular complexity index is 1590. The summed E-state index contributed by atoms with van der Waals surface area (Å²) in [6.07, 6.45) is 5.96. The molecule has 8 N–H and O–H groups in total. The minimum atomic E-state index is -1.16. The second-order valence-electron chi connectivity index (χ2n) is 10.2. The van der Waals surface area contributed by atoms with E-state index < -0.39 is 47.9 Å². The third-order valence-corrected chi connectivity index (χ3v) is 8.23. The highest BCUT2D eigenvalue weighted by atomic mass is 32.2. The second kappa shape index (κ2) is 15.0. The predicted octanol–water partition coefficient (Wildman–Crippen LogP) is 1.98. The number of carboxylic acids is 1. The van der Waals surface area contributed by atoms with Gasteiger partial charge in [0.05, 0.1) is 6.04 Å². The van der Waals surface area contributed by atoms with Crippen LogP contribution in [0.2, 0.25) is 0 Å². The summed E-state index contributed by atoms with van der Waals surface area (Å²) < 4.78 is 0. The van der Waals surface area contributed by atoms with E-state index in [2.05, 4.69) is 38.5 Å². The number of nitrogens with one attached hydrogen (secondary N) is 5. The molecule has 0 aliphatic carbocycles. The maximum atomic E-state index is 13.4. The van der Waals surface area contributed by atoms with Crippen molar-refractivity contribution in [2.45, 2.75) is 43.4 Å². The normalized spacial score (nSPS) is 14.1. The van der Waals surface area contributed by atoms with Crippen LogP contribution in [0.3, 0.4) is 0 Å². The van der Waals surface area contributed by atoms with Crippen molar-refractivity contribution in [3.05, 3.63) is 72.1 Å². The van der Waals surface area contributed by atoms with Crippen LogP contribution in [0.1, 0.15) is 17.5 Å². The molecule has 0 saturated heterocycles. The number of hydrogen-bond donors (Lipinski definition) is 8. The number of carbonyl (C=O) groups excluding carboxylic acids is 3. The number of thioether (sulfide) groups is 1. The van der Waals surface area contributed by atoms with Crippen LogP contribution < -0.4 is 21.7 Å². The molecule has 0 aliphatic heterocycles. The van der Waals surface area contributed by atoms with Crippen LogP contribution in [-0.4, -0.2) is 80.7 Å². The highest BCUT2D eigenvalue weighted by Gasteiger charge is 2.30. The van der Waals surface area contributed by atoms with Crippen molar-refractivity contribution in [2.24, 2.45) is 5.73 Å². The van der Waals surface area contributed by atoms with Crippen molar-refractivity contribution < 1.29 is 24.3 Å². The first-order chi connectivity index (χ1) is 20.7. The second-order valence-corrected chi connectivity index (χ2v) is 11.6. The lowest BCUT2D eigenvalue weighted by Gasteiger charge is -2.24. The number of para-hydroxylation sites is 2. The van der Waals surface area contributed by atoms with E-state index in [0.717, 1.165) is 32.9 Å². The summed E-state index contributed by atoms with van der Waals surface area (Å²) in [6.45, 7) is 0. The van der Waals surface area contributed by atoms with Crippen molar-refractivity contribution >= 4 is 69.9 Å². The van der Waals surface area contributed by atoms with E-state index in [1.807, 2.05) is 54.8 Å². The molecule has 2 aromatic carbocycles. The number of H-pyrrole nitrogens is 2. The molecule has 0 aliphatic rings. The maximum Gasteiger partial charge on any atom is 0.326 e. The lowest BCUT2D eigenvalue weighted by Crippen LogP contribution is -2.58. The first kappa shape index (κ1) is 32.0. The maximum absolute atomic E-state index is 13.4. The number of hydrogen-bond acceptors (Lipinski definition) is 7. The topological polar surface area (TPSA) is 182 Å². The Morgan fingerprint density at radius 3 is 1.88 bits per heavy atom. The van der Waals surface area contributed by atoms with Gasteiger partial charge in [-0.3, -0.25) is 14.4 Å². The Kier molecular flexibility index (Phi) is 11.1. The molecule has 4 unspecified atom stereocenters. The highest BCUT2D eigenvalue weighted by Crippen LogP contribution is 2.20. The summed E-state index contributed by atoms with van der Waals surface area (Å²) in [5, 5.41) is 19.4. The first-order valence-corrected chi connectivity index (χ1v) is 15.8. The summed E-state index contributed by atoms with van der Waals surface area (Å²) >= 11 is 5.73. The molecule has 4 atom stereocenters. The van der Waals surface area contributed by atoms with Crippen molar-refractivity contribution in [1.82, 2.24) is 25.9 Å². The zero-order valence-electron chi connectivity index (χ0n) is 23.6. The van der Waals surface area contributed by atoms with Crippen LogP contribution in [-0.2, 0) is 32.0 Å². The van der Waals surface area contributed by atoms with Gasteiger partial charge in [0.15, 0.2) is 0 Å². The van der Waals surface area contributed by atoms with Crippen LogP contribution in [0.25, 0.3) is 21.8 Å². The summed E-state index contributed by atoms with van der Waals surface area (Å²) in [7, 11) is 0. The number of thiol groups is 1. The standard InChI is InChI=1S/C30H36N6O5S2/c1-43-11-10-24(30(40)41)34-28(38)25(13-18-15-33-23-9-5-3-7-20(18)23)35-29(39)26(16-42)36-27(37)21(31)12-17-14-32-22-8-4-2-6-19(17)22/h2-9,14-15,21,24-26,32-33,42H,10-13,16,31H2,1H3,(H,34,38)(H,35,39)(H,36,37)(H,40,41). The summed E-state index contributed by atoms with van der Waals surface area (Å²) in [5.74, 6) is -2.51. The number of aromatic amines is 2. The Labute approximate surface area is 258 Å². The zero-order valence-corrected chi connectivity index (χ0v) is 25.3. The highest BCUT2D eigenvalue weighted by molar-refractivity contribution is 7.98. The van der Waals surface area contributed by atoms with Gasteiger partial charge in [-0.25, -0.2) is 4.79 Å². The number of rotatable bonds is 15. The van der Waals surface area contributed by atoms with Gasteiger partial charge in [0, 0.05) is 46.4 Å². The van der Waals surface area contributed by atoms with Gasteiger partial charge in [-0.05, 0) is 48.1 Å². The third kappa shape index (κ3) is 8.12. The van der Waals surface area contributed by atoms with E-state index >= 15 is 0 Å². The van der Waals surface area contributed by atoms with Gasteiger partial charge in [-0.1, -0.05) is 36.4 Å². The summed E-state index contributed by atoms with van der Waals surface area (Å²) in [6, 6.07) is 10.9. The average molecular weight is 625 g/mol. The van der Waals surface area contributed by atoms with Gasteiger partial charge in [-0.15, -0.1) is 0 Å². The molecular formula is C30H36N6O5S2. The van der Waals surface area contributed by atoms with E-state index in [0.29, 0.717) is 5.75 Å². The van der Waals surface area contributed by atoms with Gasteiger partial charge in [0.25, 0.3) is 0 Å². The molecule has 13 heteroatoms. The Balaban J connectivity index is 1.47. The van der Waals surface area contributed by atoms with Crippen molar-refractivity contribution in [3.8, 4) is 0 Å². The molecule has 2 heterocycles. The van der Waals surface area contributed by atoms with Gasteiger partial charge in [0.1, 0.15) is 18.1 Å². The van der Waals surface area contributed by atoms with Crippen molar-refractivity contribution in [1.29, 1.82) is 0 Å². The smallest absolute Gasteiger partial charge is 0.326 e. The molecule has 11 nitrogen and oxygen atoms in total. The molecule has 3 amide bonds. The van der Waals surface area contributed by atoms with Gasteiger partial charge >= 0.3 is 5.97 Å². The minimum absolute atomic E-state index is 0.0513. The van der Waals surface area contributed by atoms with Gasteiger partial charge in [-0.2, -0.15) is 24.4 Å². The Morgan fingerprint density at radius 2 is 1.33 bits per heavy atom. The molecule has 228 valence electrons. The largest absolute Gasteiger partial charge is 0.480 e. The predicted molar refractivity (Wildman–Crippen MR) is 172 cm³/mol. The van der Waals surface area contributed by atoms with Crippen LogP contribution >= 0.6 is 24.4 Å². The van der Waals surface area contributed by atoms with Crippen molar-refractivity contribution in [2.75, 3.05) is 17.8 Å². The molecule has 0 bridgehead atoms. The van der Waals surface area contributed by atoms with Gasteiger partial charge in [0.2, 0.25) is 17.7 Å². The Hall–Kier alpha value is -3.94. The van der Waals surface area contributed by atoms with Crippen LogP contribution in [0.5, 0.6) is 0 Å². The number of carboxylic acid groups (broad SMARTS) is 1. The fraction of sp³-hybridized carbons (Fsp3) is 0.333. The molecule has 0 spiro atoms. The molecule has 4 rings (SSSR count). The average Bonchev–Trinajstić information content (AvgIpc) is 3.61. The number of amides is 3. The van der Waals surface area contributed by atoms with Crippen molar-refractivity contribution in [3.63, 3.8) is 0 Å². The van der Waals surface area contributed by atoms with E-state index in [9.17, 15) is 24.3 Å². The molecule has 0 radical (unpaired) electrons. The SMILES string of the molecule is CSCCC(NC(=O)C(Cc1c[nH]c2ccccc12)NC(=O)C(CS)NC(=O)C(N)Cc1c[nH]c2ccccc12)C(=O)O. The number of nitrogens with two attached hydrogens (primary N) is 1. The minimum Gasteiger partial charge on any atom is -0.480 e.